The second kappa shape index (κ2) is 6.41. The number of aromatic nitrogens is 2. The van der Waals surface area contributed by atoms with Gasteiger partial charge in [-0.05, 0) is 62.6 Å². The number of carbonyl (C=O) groups is 1. The van der Waals surface area contributed by atoms with Crippen LogP contribution in [0.5, 0.6) is 0 Å². The highest BCUT2D eigenvalue weighted by molar-refractivity contribution is 6.08. The van der Waals surface area contributed by atoms with Crippen LogP contribution in [0.4, 0.5) is 10.1 Å². The van der Waals surface area contributed by atoms with E-state index in [2.05, 4.69) is 11.2 Å². The van der Waals surface area contributed by atoms with Gasteiger partial charge in [0.2, 0.25) is 0 Å². The smallest absolute Gasteiger partial charge is 0.262 e. The minimum absolute atomic E-state index is 0.0273. The number of carbonyl (C=O) groups excluding carboxylic acids is 1. The van der Waals surface area contributed by atoms with E-state index in [1.807, 2.05) is 36.9 Å². The molecule has 0 unspecified atom stereocenters. The van der Waals surface area contributed by atoms with Gasteiger partial charge in [-0.25, -0.2) is 9.07 Å². The first-order chi connectivity index (χ1) is 12.6. The van der Waals surface area contributed by atoms with Gasteiger partial charge in [0.15, 0.2) is 0 Å². The van der Waals surface area contributed by atoms with Gasteiger partial charge in [-0.15, -0.1) is 0 Å². The topological polar surface area (TPSA) is 38.1 Å². The van der Waals surface area contributed by atoms with Crippen molar-refractivity contribution in [3.05, 3.63) is 76.9 Å². The van der Waals surface area contributed by atoms with Crippen molar-refractivity contribution >= 4 is 11.6 Å². The SMILES string of the molecule is Cc1nn(-c2ccc(F)cc2)c(C)c1C(=O)N1CCCc2ccccc21. The van der Waals surface area contributed by atoms with E-state index >= 15 is 0 Å². The molecule has 0 atom stereocenters. The highest BCUT2D eigenvalue weighted by Gasteiger charge is 2.28. The van der Waals surface area contributed by atoms with Crippen LogP contribution in [0.2, 0.25) is 0 Å². The summed E-state index contributed by atoms with van der Waals surface area (Å²) in [7, 11) is 0. The van der Waals surface area contributed by atoms with Gasteiger partial charge in [0, 0.05) is 12.2 Å². The fourth-order valence-electron chi connectivity index (χ4n) is 3.67. The molecule has 5 heteroatoms. The van der Waals surface area contributed by atoms with Gasteiger partial charge in [-0.3, -0.25) is 4.79 Å². The second-order valence-corrected chi connectivity index (χ2v) is 6.62. The van der Waals surface area contributed by atoms with Gasteiger partial charge < -0.3 is 4.90 Å². The van der Waals surface area contributed by atoms with Gasteiger partial charge in [0.25, 0.3) is 5.91 Å². The normalized spacial score (nSPS) is 13.6. The summed E-state index contributed by atoms with van der Waals surface area (Å²) in [5, 5.41) is 4.53. The predicted molar refractivity (Wildman–Crippen MR) is 99.4 cm³/mol. The van der Waals surface area contributed by atoms with Gasteiger partial charge >= 0.3 is 0 Å². The molecule has 0 aliphatic carbocycles. The number of nitrogens with zero attached hydrogens (tertiary/aromatic N) is 3. The number of anilines is 1. The average Bonchev–Trinajstić information content (AvgIpc) is 2.95. The molecular formula is C21H20FN3O. The molecule has 0 saturated heterocycles. The van der Waals surface area contributed by atoms with Gasteiger partial charge in [0.1, 0.15) is 5.82 Å². The lowest BCUT2D eigenvalue weighted by atomic mass is 10.0. The van der Waals surface area contributed by atoms with Crippen molar-refractivity contribution in [1.82, 2.24) is 9.78 Å². The molecule has 1 amide bonds. The maximum absolute atomic E-state index is 13.3. The lowest BCUT2D eigenvalue weighted by Gasteiger charge is -2.29. The Bertz CT molecular complexity index is 975. The van der Waals surface area contributed by atoms with Crippen LogP contribution in [0.3, 0.4) is 0 Å². The summed E-state index contributed by atoms with van der Waals surface area (Å²) in [6.07, 6.45) is 1.94. The van der Waals surface area contributed by atoms with E-state index in [9.17, 15) is 9.18 Å². The molecule has 2 heterocycles. The first-order valence-electron chi connectivity index (χ1n) is 8.78. The van der Waals surface area contributed by atoms with Crippen LogP contribution in [-0.4, -0.2) is 22.2 Å². The Morgan fingerprint density at radius 2 is 1.81 bits per heavy atom. The molecule has 132 valence electrons. The molecule has 2 aromatic carbocycles. The summed E-state index contributed by atoms with van der Waals surface area (Å²) in [6, 6.07) is 14.2. The second-order valence-electron chi connectivity index (χ2n) is 6.62. The molecule has 0 spiro atoms. The number of rotatable bonds is 2. The predicted octanol–water partition coefficient (Wildman–Crippen LogP) is 4.22. The third-order valence-corrected chi connectivity index (χ3v) is 4.93. The van der Waals surface area contributed by atoms with Crippen molar-refractivity contribution in [1.29, 1.82) is 0 Å². The van der Waals surface area contributed by atoms with Gasteiger partial charge in [-0.1, -0.05) is 18.2 Å². The molecule has 1 aromatic heterocycles. The summed E-state index contributed by atoms with van der Waals surface area (Å²) in [4.78, 5) is 15.2. The first kappa shape index (κ1) is 16.5. The third-order valence-electron chi connectivity index (χ3n) is 4.93. The van der Waals surface area contributed by atoms with E-state index in [-0.39, 0.29) is 11.7 Å². The summed E-state index contributed by atoms with van der Waals surface area (Å²) in [6.45, 7) is 4.43. The molecule has 0 saturated carbocycles. The number of halogens is 1. The minimum atomic E-state index is -0.295. The Kier molecular flexibility index (Phi) is 4.07. The number of aryl methyl sites for hydroxylation is 2. The first-order valence-corrected chi connectivity index (χ1v) is 8.78. The van der Waals surface area contributed by atoms with Crippen LogP contribution in [0.25, 0.3) is 5.69 Å². The van der Waals surface area contributed by atoms with E-state index in [0.717, 1.165) is 29.9 Å². The lowest BCUT2D eigenvalue weighted by molar-refractivity contribution is 0.0984. The Morgan fingerprint density at radius 3 is 2.58 bits per heavy atom. The number of benzene rings is 2. The van der Waals surface area contributed by atoms with Crippen molar-refractivity contribution < 1.29 is 9.18 Å². The van der Waals surface area contributed by atoms with E-state index in [4.69, 9.17) is 0 Å². The zero-order chi connectivity index (χ0) is 18.3. The Balaban J connectivity index is 1.75. The molecule has 26 heavy (non-hydrogen) atoms. The molecule has 1 aliphatic rings. The third kappa shape index (κ3) is 2.69. The zero-order valence-corrected chi connectivity index (χ0v) is 14.9. The number of fused-ring (bicyclic) bond motifs is 1. The quantitative estimate of drug-likeness (QED) is 0.695. The number of hydrogen-bond acceptors (Lipinski definition) is 2. The van der Waals surface area contributed by atoms with Crippen molar-refractivity contribution in [2.24, 2.45) is 0 Å². The van der Waals surface area contributed by atoms with E-state index in [0.29, 0.717) is 17.8 Å². The summed E-state index contributed by atoms with van der Waals surface area (Å²) >= 11 is 0. The molecule has 4 rings (SSSR count). The highest BCUT2D eigenvalue weighted by Crippen LogP contribution is 2.29. The molecular weight excluding hydrogens is 329 g/mol. The molecule has 0 radical (unpaired) electrons. The van der Waals surface area contributed by atoms with Crippen molar-refractivity contribution in [3.63, 3.8) is 0 Å². The zero-order valence-electron chi connectivity index (χ0n) is 14.9. The Hall–Kier alpha value is -2.95. The summed E-state index contributed by atoms with van der Waals surface area (Å²) in [5.41, 5.74) is 4.99. The fraction of sp³-hybridized carbons (Fsp3) is 0.238. The summed E-state index contributed by atoms with van der Waals surface area (Å²) in [5.74, 6) is -0.322. The molecule has 0 bridgehead atoms. The average molecular weight is 349 g/mol. The van der Waals surface area contributed by atoms with Crippen LogP contribution in [0, 0.1) is 19.7 Å². The van der Waals surface area contributed by atoms with Crippen LogP contribution >= 0.6 is 0 Å². The minimum Gasteiger partial charge on any atom is -0.308 e. The fourth-order valence-corrected chi connectivity index (χ4v) is 3.67. The standard InChI is InChI=1S/C21H20FN3O/c1-14-20(15(2)25(23-14)18-11-9-17(22)10-12-18)21(26)24-13-5-7-16-6-3-4-8-19(16)24/h3-4,6,8-12H,5,7,13H2,1-2H3. The monoisotopic (exact) mass is 349 g/mol. The Labute approximate surface area is 151 Å². The lowest BCUT2D eigenvalue weighted by Crippen LogP contribution is -2.36. The van der Waals surface area contributed by atoms with Crippen molar-refractivity contribution in [2.75, 3.05) is 11.4 Å². The number of amides is 1. The molecule has 3 aromatic rings. The van der Waals surface area contributed by atoms with Gasteiger partial charge in [0.05, 0.1) is 22.6 Å². The maximum Gasteiger partial charge on any atom is 0.262 e. The summed E-state index contributed by atoms with van der Waals surface area (Å²) < 4.78 is 14.9. The van der Waals surface area contributed by atoms with Crippen LogP contribution < -0.4 is 4.90 Å². The van der Waals surface area contributed by atoms with Crippen LogP contribution in [-0.2, 0) is 6.42 Å². The maximum atomic E-state index is 13.3. The molecule has 1 aliphatic heterocycles. The molecule has 0 N–H and O–H groups in total. The van der Waals surface area contributed by atoms with E-state index < -0.39 is 0 Å². The van der Waals surface area contributed by atoms with Gasteiger partial charge in [-0.2, -0.15) is 5.10 Å². The Morgan fingerprint density at radius 1 is 1.08 bits per heavy atom. The molecule has 4 nitrogen and oxygen atoms in total. The highest BCUT2D eigenvalue weighted by atomic mass is 19.1. The van der Waals surface area contributed by atoms with Crippen molar-refractivity contribution in [2.45, 2.75) is 26.7 Å². The number of para-hydroxylation sites is 1. The van der Waals surface area contributed by atoms with E-state index in [1.54, 1.807) is 16.8 Å². The number of hydrogen-bond donors (Lipinski definition) is 0. The van der Waals surface area contributed by atoms with Crippen LogP contribution in [0.15, 0.2) is 48.5 Å². The van der Waals surface area contributed by atoms with Crippen molar-refractivity contribution in [3.8, 4) is 5.69 Å². The van der Waals surface area contributed by atoms with Crippen LogP contribution in [0.1, 0.15) is 33.7 Å². The molecule has 0 fully saturated rings. The van der Waals surface area contributed by atoms with E-state index in [1.165, 1.54) is 17.7 Å². The largest absolute Gasteiger partial charge is 0.308 e.